The van der Waals surface area contributed by atoms with Gasteiger partial charge in [-0.1, -0.05) is 24.3 Å². The predicted molar refractivity (Wildman–Crippen MR) is 82.7 cm³/mol. The summed E-state index contributed by atoms with van der Waals surface area (Å²) in [6.45, 7) is 0. The Hall–Kier alpha value is -2.29. The molecule has 0 aromatic heterocycles. The SMILES string of the molecule is CNC(=O)[C@@H]1CCCc2cc(Oc3ccccc3)ccc21. The zero-order chi connectivity index (χ0) is 14.7. The number of carbonyl (C=O) groups is 1. The summed E-state index contributed by atoms with van der Waals surface area (Å²) in [5, 5.41) is 2.76. The van der Waals surface area contributed by atoms with Crippen molar-refractivity contribution in [2.75, 3.05) is 7.05 Å². The second kappa shape index (κ2) is 6.00. The van der Waals surface area contributed by atoms with E-state index in [-0.39, 0.29) is 11.8 Å². The molecule has 2 aromatic rings. The molecule has 1 atom stereocenters. The minimum atomic E-state index is -0.0236. The molecule has 0 radical (unpaired) electrons. The first kappa shape index (κ1) is 13.7. The number of hydrogen-bond donors (Lipinski definition) is 1. The fourth-order valence-electron chi connectivity index (χ4n) is 2.93. The van der Waals surface area contributed by atoms with Crippen LogP contribution in [0.15, 0.2) is 48.5 Å². The van der Waals surface area contributed by atoms with E-state index >= 15 is 0 Å². The van der Waals surface area contributed by atoms with Crippen LogP contribution < -0.4 is 10.1 Å². The maximum Gasteiger partial charge on any atom is 0.227 e. The van der Waals surface area contributed by atoms with Crippen molar-refractivity contribution in [2.45, 2.75) is 25.2 Å². The molecule has 3 rings (SSSR count). The summed E-state index contributed by atoms with van der Waals surface area (Å²) in [6.07, 6.45) is 2.97. The number of aryl methyl sites for hydroxylation is 1. The van der Waals surface area contributed by atoms with Crippen molar-refractivity contribution in [1.82, 2.24) is 5.32 Å². The van der Waals surface area contributed by atoms with Crippen molar-refractivity contribution in [2.24, 2.45) is 0 Å². The number of hydrogen-bond acceptors (Lipinski definition) is 2. The van der Waals surface area contributed by atoms with Crippen molar-refractivity contribution in [3.63, 3.8) is 0 Å². The Morgan fingerprint density at radius 1 is 1.14 bits per heavy atom. The maximum atomic E-state index is 12.0. The molecule has 3 heteroatoms. The van der Waals surface area contributed by atoms with Crippen LogP contribution in [0.1, 0.15) is 29.9 Å². The molecule has 0 saturated heterocycles. The van der Waals surface area contributed by atoms with Gasteiger partial charge < -0.3 is 10.1 Å². The van der Waals surface area contributed by atoms with E-state index in [1.807, 2.05) is 42.5 Å². The zero-order valence-electron chi connectivity index (χ0n) is 12.1. The molecule has 108 valence electrons. The molecule has 1 amide bonds. The molecular weight excluding hydrogens is 262 g/mol. The number of ether oxygens (including phenoxy) is 1. The van der Waals surface area contributed by atoms with Gasteiger partial charge in [-0.05, 0) is 54.7 Å². The van der Waals surface area contributed by atoms with Crippen LogP contribution in [0, 0.1) is 0 Å². The number of benzene rings is 2. The molecule has 0 saturated carbocycles. The molecule has 1 aliphatic rings. The van der Waals surface area contributed by atoms with E-state index in [1.54, 1.807) is 7.05 Å². The van der Waals surface area contributed by atoms with Gasteiger partial charge in [0.15, 0.2) is 0 Å². The number of nitrogens with one attached hydrogen (secondary N) is 1. The Kier molecular flexibility index (Phi) is 3.91. The molecule has 1 aliphatic carbocycles. The van der Waals surface area contributed by atoms with Gasteiger partial charge in [-0.2, -0.15) is 0 Å². The third-order valence-corrected chi connectivity index (χ3v) is 3.97. The van der Waals surface area contributed by atoms with Crippen molar-refractivity contribution in [3.05, 3.63) is 59.7 Å². The number of likely N-dealkylation sites (N-methyl/N-ethyl adjacent to an activating group) is 1. The number of rotatable bonds is 3. The molecule has 1 N–H and O–H groups in total. The van der Waals surface area contributed by atoms with E-state index in [0.717, 1.165) is 36.3 Å². The highest BCUT2D eigenvalue weighted by Crippen LogP contribution is 2.34. The van der Waals surface area contributed by atoms with Crippen LogP contribution in [0.25, 0.3) is 0 Å². The average molecular weight is 281 g/mol. The van der Waals surface area contributed by atoms with Crippen molar-refractivity contribution < 1.29 is 9.53 Å². The monoisotopic (exact) mass is 281 g/mol. The average Bonchev–Trinajstić information content (AvgIpc) is 2.54. The summed E-state index contributed by atoms with van der Waals surface area (Å²) in [5.74, 6) is 1.74. The minimum absolute atomic E-state index is 0.0236. The van der Waals surface area contributed by atoms with Crippen molar-refractivity contribution in [1.29, 1.82) is 0 Å². The Bertz CT molecular complexity index is 637. The van der Waals surface area contributed by atoms with Crippen LogP contribution in [-0.4, -0.2) is 13.0 Å². The summed E-state index contributed by atoms with van der Waals surface area (Å²) in [6, 6.07) is 15.8. The molecule has 0 bridgehead atoms. The largest absolute Gasteiger partial charge is 0.457 e. The van der Waals surface area contributed by atoms with Crippen LogP contribution in [0.5, 0.6) is 11.5 Å². The fourth-order valence-corrected chi connectivity index (χ4v) is 2.93. The molecule has 0 heterocycles. The first-order valence-corrected chi connectivity index (χ1v) is 7.35. The lowest BCUT2D eigenvalue weighted by Crippen LogP contribution is -2.28. The molecule has 21 heavy (non-hydrogen) atoms. The van der Waals surface area contributed by atoms with Crippen LogP contribution >= 0.6 is 0 Å². The van der Waals surface area contributed by atoms with Gasteiger partial charge in [0.2, 0.25) is 5.91 Å². The fraction of sp³-hybridized carbons (Fsp3) is 0.278. The van der Waals surface area contributed by atoms with Gasteiger partial charge in [-0.3, -0.25) is 4.79 Å². The summed E-state index contributed by atoms with van der Waals surface area (Å²) >= 11 is 0. The van der Waals surface area contributed by atoms with Crippen LogP contribution in [0.4, 0.5) is 0 Å². The normalized spacial score (nSPS) is 16.9. The Morgan fingerprint density at radius 2 is 1.95 bits per heavy atom. The highest BCUT2D eigenvalue weighted by Gasteiger charge is 2.25. The highest BCUT2D eigenvalue weighted by molar-refractivity contribution is 5.84. The Morgan fingerprint density at radius 3 is 2.71 bits per heavy atom. The molecule has 2 aromatic carbocycles. The Balaban J connectivity index is 1.86. The minimum Gasteiger partial charge on any atom is -0.457 e. The summed E-state index contributed by atoms with van der Waals surface area (Å²) < 4.78 is 5.87. The topological polar surface area (TPSA) is 38.3 Å². The van der Waals surface area contributed by atoms with E-state index in [9.17, 15) is 4.79 Å². The lowest BCUT2D eigenvalue weighted by atomic mass is 9.82. The Labute approximate surface area is 124 Å². The molecule has 0 aliphatic heterocycles. The van der Waals surface area contributed by atoms with Crippen molar-refractivity contribution >= 4 is 5.91 Å². The van der Waals surface area contributed by atoms with Crippen LogP contribution in [0.2, 0.25) is 0 Å². The molecule has 0 unspecified atom stereocenters. The van der Waals surface area contributed by atoms with Crippen LogP contribution in [-0.2, 0) is 11.2 Å². The number of para-hydroxylation sites is 1. The van der Waals surface area contributed by atoms with E-state index in [2.05, 4.69) is 11.4 Å². The molecule has 0 fully saturated rings. The van der Waals surface area contributed by atoms with E-state index in [4.69, 9.17) is 4.74 Å². The van der Waals surface area contributed by atoms with Gasteiger partial charge in [-0.15, -0.1) is 0 Å². The van der Waals surface area contributed by atoms with Gasteiger partial charge >= 0.3 is 0 Å². The first-order chi connectivity index (χ1) is 10.3. The predicted octanol–water partition coefficient (Wildman–Crippen LogP) is 3.64. The first-order valence-electron chi connectivity index (χ1n) is 7.35. The van der Waals surface area contributed by atoms with E-state index in [0.29, 0.717) is 0 Å². The van der Waals surface area contributed by atoms with Gasteiger partial charge in [0.05, 0.1) is 5.92 Å². The lowest BCUT2D eigenvalue weighted by molar-refractivity contribution is -0.122. The second-order valence-electron chi connectivity index (χ2n) is 5.33. The third-order valence-electron chi connectivity index (χ3n) is 3.97. The lowest BCUT2D eigenvalue weighted by Gasteiger charge is -2.24. The molecular formula is C18H19NO2. The van der Waals surface area contributed by atoms with E-state index < -0.39 is 0 Å². The standard InChI is InChI=1S/C18H19NO2/c1-19-18(20)17-9-5-6-13-12-15(10-11-16(13)17)21-14-7-3-2-4-8-14/h2-4,7-8,10-12,17H,5-6,9H2,1H3,(H,19,20)/t17-/m1/s1. The molecule has 0 spiro atoms. The zero-order valence-corrected chi connectivity index (χ0v) is 12.1. The smallest absolute Gasteiger partial charge is 0.227 e. The van der Waals surface area contributed by atoms with Crippen LogP contribution in [0.3, 0.4) is 0 Å². The second-order valence-corrected chi connectivity index (χ2v) is 5.33. The van der Waals surface area contributed by atoms with Gasteiger partial charge in [-0.25, -0.2) is 0 Å². The number of carbonyl (C=O) groups excluding carboxylic acids is 1. The maximum absolute atomic E-state index is 12.0. The van der Waals surface area contributed by atoms with Gasteiger partial charge in [0.1, 0.15) is 11.5 Å². The quantitative estimate of drug-likeness (QED) is 0.932. The van der Waals surface area contributed by atoms with Crippen molar-refractivity contribution in [3.8, 4) is 11.5 Å². The van der Waals surface area contributed by atoms with Gasteiger partial charge in [0, 0.05) is 7.05 Å². The summed E-state index contributed by atoms with van der Waals surface area (Å²) in [7, 11) is 1.70. The molecule has 3 nitrogen and oxygen atoms in total. The van der Waals surface area contributed by atoms with E-state index in [1.165, 1.54) is 5.56 Å². The number of amides is 1. The summed E-state index contributed by atoms with van der Waals surface area (Å²) in [5.41, 5.74) is 2.37. The number of fused-ring (bicyclic) bond motifs is 1. The summed E-state index contributed by atoms with van der Waals surface area (Å²) in [4.78, 5) is 12.0. The highest BCUT2D eigenvalue weighted by atomic mass is 16.5. The van der Waals surface area contributed by atoms with Gasteiger partial charge in [0.25, 0.3) is 0 Å². The third kappa shape index (κ3) is 2.92.